The molecule has 1 fully saturated rings. The Balaban J connectivity index is 2.15. The third kappa shape index (κ3) is 7.10. The predicted molar refractivity (Wildman–Crippen MR) is 79.9 cm³/mol. The first-order chi connectivity index (χ1) is 9.42. The van der Waals surface area contributed by atoms with Crippen LogP contribution in [0.25, 0.3) is 0 Å². The van der Waals surface area contributed by atoms with E-state index < -0.39 is 5.60 Å². The van der Waals surface area contributed by atoms with Crippen LogP contribution in [-0.4, -0.2) is 55.5 Å². The molecule has 0 atom stereocenters. The number of rotatable bonds is 6. The highest BCUT2D eigenvalue weighted by Gasteiger charge is 2.26. The molecule has 0 aliphatic carbocycles. The Labute approximate surface area is 123 Å². The molecule has 0 aromatic carbocycles. The maximum absolute atomic E-state index is 11.9. The van der Waals surface area contributed by atoms with Crippen molar-refractivity contribution in [1.82, 2.24) is 10.2 Å². The lowest BCUT2D eigenvalue weighted by Crippen LogP contribution is -2.43. The van der Waals surface area contributed by atoms with E-state index in [2.05, 4.69) is 12.2 Å². The van der Waals surface area contributed by atoms with Crippen molar-refractivity contribution in [2.45, 2.75) is 58.7 Å². The van der Waals surface area contributed by atoms with Crippen molar-refractivity contribution in [3.8, 4) is 0 Å². The summed E-state index contributed by atoms with van der Waals surface area (Å²) in [5.41, 5.74) is -0.421. The summed E-state index contributed by atoms with van der Waals surface area (Å²) >= 11 is 0. The highest BCUT2D eigenvalue weighted by atomic mass is 16.6. The maximum Gasteiger partial charge on any atom is 0.410 e. The third-order valence-corrected chi connectivity index (χ3v) is 3.15. The minimum Gasteiger partial charge on any atom is -0.444 e. The van der Waals surface area contributed by atoms with Crippen LogP contribution in [0.2, 0.25) is 0 Å². The summed E-state index contributed by atoms with van der Waals surface area (Å²) in [5, 5.41) is 3.32. The Morgan fingerprint density at radius 3 is 2.45 bits per heavy atom. The van der Waals surface area contributed by atoms with Crippen LogP contribution in [0.5, 0.6) is 0 Å². The number of hydrogen-bond acceptors (Lipinski definition) is 4. The molecule has 1 aliphatic rings. The molecule has 118 valence electrons. The molecule has 1 rings (SSSR count). The largest absolute Gasteiger partial charge is 0.444 e. The van der Waals surface area contributed by atoms with E-state index in [1.807, 2.05) is 20.8 Å². The van der Waals surface area contributed by atoms with Crippen LogP contribution >= 0.6 is 0 Å². The van der Waals surface area contributed by atoms with E-state index in [1.165, 1.54) is 0 Å². The van der Waals surface area contributed by atoms with Gasteiger partial charge < -0.3 is 19.7 Å². The molecule has 1 N–H and O–H groups in total. The van der Waals surface area contributed by atoms with Gasteiger partial charge in [-0.05, 0) is 46.6 Å². The number of nitrogens with zero attached hydrogens (tertiary/aromatic N) is 1. The summed E-state index contributed by atoms with van der Waals surface area (Å²) < 4.78 is 11.2. The molecule has 0 spiro atoms. The second-order valence-corrected chi connectivity index (χ2v) is 6.29. The van der Waals surface area contributed by atoms with Gasteiger partial charge in [-0.15, -0.1) is 0 Å². The molecule has 0 bridgehead atoms. The molecule has 1 aliphatic heterocycles. The fourth-order valence-corrected chi connectivity index (χ4v) is 2.13. The van der Waals surface area contributed by atoms with Crippen molar-refractivity contribution in [3.63, 3.8) is 0 Å². The standard InChI is InChI=1S/C15H30N2O3/c1-5-8-16-9-12-19-13-6-10-17(11-7-13)14(18)20-15(2,3)4/h13,16H,5-12H2,1-4H3. The minimum atomic E-state index is -0.421. The number of likely N-dealkylation sites (tertiary alicyclic amines) is 1. The molecule has 20 heavy (non-hydrogen) atoms. The fraction of sp³-hybridized carbons (Fsp3) is 0.933. The first kappa shape index (κ1) is 17.2. The van der Waals surface area contributed by atoms with Gasteiger partial charge in [0.2, 0.25) is 0 Å². The third-order valence-electron chi connectivity index (χ3n) is 3.15. The summed E-state index contributed by atoms with van der Waals surface area (Å²) in [6.07, 6.45) is 3.01. The zero-order valence-corrected chi connectivity index (χ0v) is 13.4. The van der Waals surface area contributed by atoms with Gasteiger partial charge in [0.25, 0.3) is 0 Å². The average Bonchev–Trinajstić information content (AvgIpc) is 2.37. The van der Waals surface area contributed by atoms with E-state index >= 15 is 0 Å². The summed E-state index contributed by atoms with van der Waals surface area (Å²) in [6, 6.07) is 0. The van der Waals surface area contributed by atoms with Gasteiger partial charge in [-0.3, -0.25) is 0 Å². The van der Waals surface area contributed by atoms with Gasteiger partial charge >= 0.3 is 6.09 Å². The quantitative estimate of drug-likeness (QED) is 0.762. The van der Waals surface area contributed by atoms with Crippen LogP contribution < -0.4 is 5.32 Å². The smallest absolute Gasteiger partial charge is 0.410 e. The van der Waals surface area contributed by atoms with Gasteiger partial charge in [0.05, 0.1) is 12.7 Å². The predicted octanol–water partition coefficient (Wildman–Crippen LogP) is 2.40. The Bertz CT molecular complexity index is 281. The molecule has 5 nitrogen and oxygen atoms in total. The Morgan fingerprint density at radius 1 is 1.25 bits per heavy atom. The number of carbonyl (C=O) groups excluding carboxylic acids is 1. The van der Waals surface area contributed by atoms with Gasteiger partial charge in [0.15, 0.2) is 0 Å². The molecule has 0 radical (unpaired) electrons. The van der Waals surface area contributed by atoms with Crippen molar-refractivity contribution in [2.24, 2.45) is 0 Å². The number of ether oxygens (including phenoxy) is 2. The van der Waals surface area contributed by atoms with Gasteiger partial charge in [0, 0.05) is 19.6 Å². The summed E-state index contributed by atoms with van der Waals surface area (Å²) in [4.78, 5) is 13.7. The number of amides is 1. The average molecular weight is 286 g/mol. The number of carbonyl (C=O) groups is 1. The summed E-state index contributed by atoms with van der Waals surface area (Å²) in [5.74, 6) is 0. The number of hydrogen-bond donors (Lipinski definition) is 1. The molecule has 0 aromatic rings. The van der Waals surface area contributed by atoms with E-state index in [4.69, 9.17) is 9.47 Å². The normalized spacial score (nSPS) is 17.3. The molecule has 1 amide bonds. The lowest BCUT2D eigenvalue weighted by Gasteiger charge is -2.33. The first-order valence-electron chi connectivity index (χ1n) is 7.72. The minimum absolute atomic E-state index is 0.208. The molecule has 1 saturated heterocycles. The number of piperidine rings is 1. The van der Waals surface area contributed by atoms with Crippen LogP contribution in [-0.2, 0) is 9.47 Å². The van der Waals surface area contributed by atoms with E-state index in [9.17, 15) is 4.79 Å². The van der Waals surface area contributed by atoms with Crippen LogP contribution in [0.3, 0.4) is 0 Å². The molecule has 0 unspecified atom stereocenters. The summed E-state index contributed by atoms with van der Waals surface area (Å²) in [6.45, 7) is 12.0. The second-order valence-electron chi connectivity index (χ2n) is 6.29. The fourth-order valence-electron chi connectivity index (χ4n) is 2.13. The highest BCUT2D eigenvalue weighted by Crippen LogP contribution is 2.17. The Kier molecular flexibility index (Phi) is 7.30. The second kappa shape index (κ2) is 8.47. The zero-order chi connectivity index (χ0) is 15.0. The van der Waals surface area contributed by atoms with Crippen molar-refractivity contribution in [2.75, 3.05) is 32.8 Å². The maximum atomic E-state index is 11.9. The Morgan fingerprint density at radius 2 is 1.90 bits per heavy atom. The molecular weight excluding hydrogens is 256 g/mol. The van der Waals surface area contributed by atoms with E-state index in [0.29, 0.717) is 0 Å². The molecule has 0 aromatic heterocycles. The van der Waals surface area contributed by atoms with Crippen molar-refractivity contribution < 1.29 is 14.3 Å². The van der Waals surface area contributed by atoms with Crippen LogP contribution in [0.1, 0.15) is 47.0 Å². The highest BCUT2D eigenvalue weighted by molar-refractivity contribution is 5.68. The molecule has 0 saturated carbocycles. The monoisotopic (exact) mass is 286 g/mol. The van der Waals surface area contributed by atoms with Crippen molar-refractivity contribution in [1.29, 1.82) is 0 Å². The zero-order valence-electron chi connectivity index (χ0n) is 13.4. The van der Waals surface area contributed by atoms with Crippen LogP contribution in [0, 0.1) is 0 Å². The van der Waals surface area contributed by atoms with Crippen molar-refractivity contribution in [3.05, 3.63) is 0 Å². The first-order valence-corrected chi connectivity index (χ1v) is 7.72. The summed E-state index contributed by atoms with van der Waals surface area (Å²) in [7, 11) is 0. The van der Waals surface area contributed by atoms with E-state index in [0.717, 1.165) is 52.0 Å². The van der Waals surface area contributed by atoms with Crippen molar-refractivity contribution >= 4 is 6.09 Å². The molecule has 5 heteroatoms. The van der Waals surface area contributed by atoms with E-state index in [-0.39, 0.29) is 12.2 Å². The van der Waals surface area contributed by atoms with Gasteiger partial charge in [-0.2, -0.15) is 0 Å². The van der Waals surface area contributed by atoms with E-state index in [1.54, 1.807) is 4.90 Å². The lowest BCUT2D eigenvalue weighted by atomic mass is 10.1. The molecule has 1 heterocycles. The SMILES string of the molecule is CCCNCCOC1CCN(C(=O)OC(C)(C)C)CC1. The topological polar surface area (TPSA) is 50.8 Å². The van der Waals surface area contributed by atoms with Crippen LogP contribution in [0.15, 0.2) is 0 Å². The van der Waals surface area contributed by atoms with Crippen LogP contribution in [0.4, 0.5) is 4.79 Å². The van der Waals surface area contributed by atoms with Gasteiger partial charge in [-0.1, -0.05) is 6.92 Å². The molecular formula is C15H30N2O3. The van der Waals surface area contributed by atoms with Gasteiger partial charge in [0.1, 0.15) is 5.60 Å². The number of nitrogens with one attached hydrogen (secondary N) is 1. The Hall–Kier alpha value is -0.810. The van der Waals surface area contributed by atoms with Gasteiger partial charge in [-0.25, -0.2) is 4.79 Å². The lowest BCUT2D eigenvalue weighted by molar-refractivity contribution is -0.0104.